The zero-order valence-electron chi connectivity index (χ0n) is 14.4. The normalized spacial score (nSPS) is 11.1. The lowest BCUT2D eigenvalue weighted by Gasteiger charge is -2.07. The van der Waals surface area contributed by atoms with Gasteiger partial charge in [-0.3, -0.25) is 9.36 Å². The SMILES string of the molecule is CCCc1noc(CSc2nnc(CCC(N)=O)n2Cc2ccco2)n1. The number of thioether (sulfide) groups is 1. The van der Waals surface area contributed by atoms with E-state index in [4.69, 9.17) is 14.7 Å². The molecule has 0 aliphatic heterocycles. The lowest BCUT2D eigenvalue weighted by atomic mass is 10.3. The smallest absolute Gasteiger partial charge is 0.237 e. The number of hydrogen-bond donors (Lipinski definition) is 1. The summed E-state index contributed by atoms with van der Waals surface area (Å²) >= 11 is 1.44. The van der Waals surface area contributed by atoms with E-state index in [1.54, 1.807) is 6.26 Å². The summed E-state index contributed by atoms with van der Waals surface area (Å²) in [6.07, 6.45) is 4.01. The molecule has 2 N–H and O–H groups in total. The second-order valence-corrected chi connectivity index (χ2v) is 6.62. The predicted molar refractivity (Wildman–Crippen MR) is 93.2 cm³/mol. The molecular weight excluding hydrogens is 356 g/mol. The van der Waals surface area contributed by atoms with Crippen LogP contribution in [0.3, 0.4) is 0 Å². The van der Waals surface area contributed by atoms with Crippen LogP contribution in [-0.2, 0) is 29.9 Å². The Labute approximate surface area is 154 Å². The van der Waals surface area contributed by atoms with Crippen molar-refractivity contribution < 1.29 is 13.7 Å². The highest BCUT2D eigenvalue weighted by Crippen LogP contribution is 2.23. The highest BCUT2D eigenvalue weighted by atomic mass is 32.2. The molecule has 0 saturated carbocycles. The highest BCUT2D eigenvalue weighted by Gasteiger charge is 2.16. The Morgan fingerprint density at radius 3 is 2.96 bits per heavy atom. The molecule has 0 spiro atoms. The molecule has 0 aromatic carbocycles. The number of aromatic nitrogens is 5. The van der Waals surface area contributed by atoms with Crippen LogP contribution >= 0.6 is 11.8 Å². The van der Waals surface area contributed by atoms with Crippen molar-refractivity contribution in [2.24, 2.45) is 5.73 Å². The van der Waals surface area contributed by atoms with Crippen LogP contribution in [0.4, 0.5) is 0 Å². The molecule has 0 unspecified atom stereocenters. The molecule has 3 aromatic rings. The summed E-state index contributed by atoms with van der Waals surface area (Å²) in [5.74, 6) is 2.82. The number of aryl methyl sites for hydroxylation is 2. The van der Waals surface area contributed by atoms with Crippen molar-refractivity contribution in [1.82, 2.24) is 24.9 Å². The topological polar surface area (TPSA) is 126 Å². The number of carbonyl (C=O) groups excluding carboxylic acids is 1. The molecule has 3 heterocycles. The maximum atomic E-state index is 11.1. The van der Waals surface area contributed by atoms with Gasteiger partial charge in [0.2, 0.25) is 11.8 Å². The van der Waals surface area contributed by atoms with E-state index in [0.29, 0.717) is 41.4 Å². The summed E-state index contributed by atoms with van der Waals surface area (Å²) in [5.41, 5.74) is 5.25. The maximum Gasteiger partial charge on any atom is 0.237 e. The zero-order chi connectivity index (χ0) is 18.4. The third-order valence-electron chi connectivity index (χ3n) is 3.59. The van der Waals surface area contributed by atoms with Crippen LogP contribution < -0.4 is 5.73 Å². The quantitative estimate of drug-likeness (QED) is 0.532. The van der Waals surface area contributed by atoms with Gasteiger partial charge >= 0.3 is 0 Å². The standard InChI is InChI=1S/C16H20N6O3S/c1-2-4-13-18-15(25-21-13)10-26-16-20-19-14(7-6-12(17)23)22(16)9-11-5-3-8-24-11/h3,5,8H,2,4,6-7,9-10H2,1H3,(H2,17,23). The van der Waals surface area contributed by atoms with Gasteiger partial charge in [-0.15, -0.1) is 10.2 Å². The van der Waals surface area contributed by atoms with E-state index in [1.165, 1.54) is 11.8 Å². The Hall–Kier alpha value is -2.62. The molecule has 3 aromatic heterocycles. The number of nitrogens with zero attached hydrogens (tertiary/aromatic N) is 5. The largest absolute Gasteiger partial charge is 0.467 e. The lowest BCUT2D eigenvalue weighted by molar-refractivity contribution is -0.118. The minimum atomic E-state index is -0.374. The average molecular weight is 376 g/mol. The number of primary amides is 1. The summed E-state index contributed by atoms with van der Waals surface area (Å²) in [6.45, 7) is 2.54. The molecule has 138 valence electrons. The Bertz CT molecular complexity index is 842. The van der Waals surface area contributed by atoms with Crippen LogP contribution in [0.5, 0.6) is 0 Å². The summed E-state index contributed by atoms with van der Waals surface area (Å²) in [4.78, 5) is 15.4. The highest BCUT2D eigenvalue weighted by molar-refractivity contribution is 7.98. The van der Waals surface area contributed by atoms with Gasteiger partial charge in [0, 0.05) is 19.3 Å². The molecule has 0 aliphatic rings. The van der Waals surface area contributed by atoms with Gasteiger partial charge in [-0.25, -0.2) is 0 Å². The fourth-order valence-corrected chi connectivity index (χ4v) is 3.16. The second kappa shape index (κ2) is 8.65. The van der Waals surface area contributed by atoms with Gasteiger partial charge in [-0.05, 0) is 18.6 Å². The molecule has 10 heteroatoms. The van der Waals surface area contributed by atoms with Crippen molar-refractivity contribution in [3.63, 3.8) is 0 Å². The molecular formula is C16H20N6O3S. The number of carbonyl (C=O) groups is 1. The first-order valence-electron chi connectivity index (χ1n) is 8.32. The van der Waals surface area contributed by atoms with E-state index in [1.807, 2.05) is 16.7 Å². The second-order valence-electron chi connectivity index (χ2n) is 5.67. The zero-order valence-corrected chi connectivity index (χ0v) is 15.2. The van der Waals surface area contributed by atoms with Gasteiger partial charge in [0.05, 0.1) is 18.6 Å². The minimum absolute atomic E-state index is 0.213. The predicted octanol–water partition coefficient (Wildman–Crippen LogP) is 1.97. The fourth-order valence-electron chi connectivity index (χ4n) is 2.36. The van der Waals surface area contributed by atoms with Crippen molar-refractivity contribution in [3.8, 4) is 0 Å². The van der Waals surface area contributed by atoms with Crippen molar-refractivity contribution in [3.05, 3.63) is 41.7 Å². The molecule has 0 fully saturated rings. The Morgan fingerprint density at radius 1 is 1.35 bits per heavy atom. The number of nitrogens with two attached hydrogens (primary N) is 1. The van der Waals surface area contributed by atoms with Gasteiger partial charge in [0.1, 0.15) is 11.6 Å². The van der Waals surface area contributed by atoms with Crippen molar-refractivity contribution >= 4 is 17.7 Å². The summed E-state index contributed by atoms with van der Waals surface area (Å²) < 4.78 is 12.6. The Morgan fingerprint density at radius 2 is 2.23 bits per heavy atom. The van der Waals surface area contributed by atoms with Gasteiger partial charge in [-0.1, -0.05) is 23.8 Å². The lowest BCUT2D eigenvalue weighted by Crippen LogP contribution is -2.14. The van der Waals surface area contributed by atoms with Crippen LogP contribution in [0, 0.1) is 0 Å². The van der Waals surface area contributed by atoms with E-state index < -0.39 is 0 Å². The van der Waals surface area contributed by atoms with Crippen LogP contribution in [0.1, 0.15) is 43.1 Å². The summed E-state index contributed by atoms with van der Waals surface area (Å²) in [7, 11) is 0. The van der Waals surface area contributed by atoms with Gasteiger partial charge in [0.25, 0.3) is 0 Å². The number of rotatable bonds is 10. The molecule has 3 rings (SSSR count). The maximum absolute atomic E-state index is 11.1. The van der Waals surface area contributed by atoms with Crippen LogP contribution in [0.2, 0.25) is 0 Å². The van der Waals surface area contributed by atoms with Crippen molar-refractivity contribution in [2.45, 2.75) is 50.1 Å². The monoisotopic (exact) mass is 376 g/mol. The first kappa shape index (κ1) is 18.2. The van der Waals surface area contributed by atoms with Gasteiger partial charge in [-0.2, -0.15) is 4.98 Å². The first-order chi connectivity index (χ1) is 12.7. The summed E-state index contributed by atoms with van der Waals surface area (Å²) in [6, 6.07) is 3.70. The molecule has 9 nitrogen and oxygen atoms in total. The van der Waals surface area contributed by atoms with Crippen molar-refractivity contribution in [2.75, 3.05) is 0 Å². The number of furan rings is 1. The first-order valence-corrected chi connectivity index (χ1v) is 9.31. The van der Waals surface area contributed by atoms with Gasteiger partial charge in [0.15, 0.2) is 11.0 Å². The van der Waals surface area contributed by atoms with Crippen LogP contribution in [-0.4, -0.2) is 30.8 Å². The molecule has 0 saturated heterocycles. The summed E-state index contributed by atoms with van der Waals surface area (Å²) in [5, 5.41) is 13.1. The minimum Gasteiger partial charge on any atom is -0.467 e. The molecule has 0 radical (unpaired) electrons. The van der Waals surface area contributed by atoms with E-state index >= 15 is 0 Å². The van der Waals surface area contributed by atoms with E-state index in [2.05, 4.69) is 27.3 Å². The Balaban J connectivity index is 1.72. The molecule has 0 bridgehead atoms. The van der Waals surface area contributed by atoms with E-state index in [9.17, 15) is 4.79 Å². The van der Waals surface area contributed by atoms with Crippen molar-refractivity contribution in [1.29, 1.82) is 0 Å². The molecule has 26 heavy (non-hydrogen) atoms. The third kappa shape index (κ3) is 4.72. The average Bonchev–Trinajstić information content (AvgIpc) is 3.34. The third-order valence-corrected chi connectivity index (χ3v) is 4.54. The van der Waals surface area contributed by atoms with Crippen LogP contribution in [0.25, 0.3) is 0 Å². The van der Waals surface area contributed by atoms with Gasteiger partial charge < -0.3 is 14.7 Å². The fraction of sp³-hybridized carbons (Fsp3) is 0.438. The number of hydrogen-bond acceptors (Lipinski definition) is 8. The molecule has 0 atom stereocenters. The van der Waals surface area contributed by atoms with E-state index in [-0.39, 0.29) is 12.3 Å². The molecule has 1 amide bonds. The van der Waals surface area contributed by atoms with E-state index in [0.717, 1.165) is 18.6 Å². The Kier molecular flexibility index (Phi) is 6.05. The molecule has 0 aliphatic carbocycles. The number of amides is 1. The van der Waals surface area contributed by atoms with Crippen LogP contribution in [0.15, 0.2) is 32.5 Å².